The Hall–Kier alpha value is -0.0800. The molecule has 1 N–H and O–H groups in total. The van der Waals surface area contributed by atoms with Crippen molar-refractivity contribution >= 4 is 0 Å². The molecule has 0 aromatic heterocycles. The van der Waals surface area contributed by atoms with Crippen molar-refractivity contribution in [3.8, 4) is 0 Å². The number of hydrogen-bond acceptors (Lipinski definition) is 2. The summed E-state index contributed by atoms with van der Waals surface area (Å²) in [6, 6.07) is 0. The SMILES string of the molecule is CCCCCC(O)C1CCOC2(CCCC2)C1. The van der Waals surface area contributed by atoms with E-state index < -0.39 is 0 Å². The minimum Gasteiger partial charge on any atom is -0.393 e. The first kappa shape index (κ1) is 13.4. The molecule has 1 spiro atoms. The summed E-state index contributed by atoms with van der Waals surface area (Å²) in [6.07, 6.45) is 11.9. The van der Waals surface area contributed by atoms with E-state index in [0.717, 1.165) is 25.9 Å². The molecule has 0 radical (unpaired) electrons. The molecule has 1 heterocycles. The van der Waals surface area contributed by atoms with Crippen molar-refractivity contribution in [1.82, 2.24) is 0 Å². The normalized spacial score (nSPS) is 29.6. The zero-order valence-corrected chi connectivity index (χ0v) is 11.3. The van der Waals surface area contributed by atoms with E-state index in [-0.39, 0.29) is 11.7 Å². The lowest BCUT2D eigenvalue weighted by Crippen LogP contribution is -2.41. The summed E-state index contributed by atoms with van der Waals surface area (Å²) in [6.45, 7) is 3.09. The van der Waals surface area contributed by atoms with E-state index in [1.165, 1.54) is 44.9 Å². The molecule has 100 valence electrons. The van der Waals surface area contributed by atoms with Crippen LogP contribution in [0.3, 0.4) is 0 Å². The van der Waals surface area contributed by atoms with Gasteiger partial charge in [-0.1, -0.05) is 39.0 Å². The van der Waals surface area contributed by atoms with Crippen molar-refractivity contribution in [3.63, 3.8) is 0 Å². The lowest BCUT2D eigenvalue weighted by atomic mass is 9.80. The van der Waals surface area contributed by atoms with Crippen LogP contribution in [0, 0.1) is 5.92 Å². The van der Waals surface area contributed by atoms with Crippen molar-refractivity contribution in [2.75, 3.05) is 6.61 Å². The van der Waals surface area contributed by atoms with Gasteiger partial charge in [-0.25, -0.2) is 0 Å². The Kier molecular flexibility index (Phi) is 4.87. The Labute approximate surface area is 106 Å². The molecule has 0 amide bonds. The van der Waals surface area contributed by atoms with Crippen LogP contribution in [0.15, 0.2) is 0 Å². The topological polar surface area (TPSA) is 29.5 Å². The summed E-state index contributed by atoms with van der Waals surface area (Å²) in [5, 5.41) is 10.3. The van der Waals surface area contributed by atoms with Gasteiger partial charge in [-0.2, -0.15) is 0 Å². The summed E-state index contributed by atoms with van der Waals surface area (Å²) >= 11 is 0. The third-order valence-electron chi connectivity index (χ3n) is 4.69. The Bertz CT molecular complexity index is 221. The molecule has 0 aromatic rings. The van der Waals surface area contributed by atoms with E-state index in [1.54, 1.807) is 0 Å². The third-order valence-corrected chi connectivity index (χ3v) is 4.69. The molecular weight excluding hydrogens is 212 g/mol. The predicted octanol–water partition coefficient (Wildman–Crippen LogP) is 3.67. The maximum atomic E-state index is 10.3. The van der Waals surface area contributed by atoms with Gasteiger partial charge in [0.15, 0.2) is 0 Å². The number of ether oxygens (including phenoxy) is 1. The van der Waals surface area contributed by atoms with Crippen LogP contribution in [0.4, 0.5) is 0 Å². The standard InChI is InChI=1S/C15H28O2/c1-2-3-4-7-14(16)13-8-11-17-15(12-13)9-5-6-10-15/h13-14,16H,2-12H2,1H3. The quantitative estimate of drug-likeness (QED) is 0.743. The molecule has 2 rings (SSSR count). The lowest BCUT2D eigenvalue weighted by Gasteiger charge is -2.40. The molecule has 2 heteroatoms. The van der Waals surface area contributed by atoms with Gasteiger partial charge in [0.25, 0.3) is 0 Å². The molecule has 2 fully saturated rings. The molecular formula is C15H28O2. The Morgan fingerprint density at radius 3 is 2.76 bits per heavy atom. The summed E-state index contributed by atoms with van der Waals surface area (Å²) in [7, 11) is 0. The van der Waals surface area contributed by atoms with E-state index in [1.807, 2.05) is 0 Å². The van der Waals surface area contributed by atoms with E-state index in [4.69, 9.17) is 4.74 Å². The van der Waals surface area contributed by atoms with Crippen LogP contribution in [-0.4, -0.2) is 23.4 Å². The second-order valence-electron chi connectivity index (χ2n) is 6.05. The highest BCUT2D eigenvalue weighted by molar-refractivity contribution is 4.92. The van der Waals surface area contributed by atoms with Crippen molar-refractivity contribution < 1.29 is 9.84 Å². The maximum Gasteiger partial charge on any atom is 0.0686 e. The van der Waals surface area contributed by atoms with Crippen molar-refractivity contribution in [3.05, 3.63) is 0 Å². The molecule has 1 aliphatic carbocycles. The fourth-order valence-electron chi connectivity index (χ4n) is 3.60. The number of aliphatic hydroxyl groups is 1. The zero-order valence-electron chi connectivity index (χ0n) is 11.3. The van der Waals surface area contributed by atoms with Crippen molar-refractivity contribution in [2.24, 2.45) is 5.92 Å². The molecule has 0 bridgehead atoms. The predicted molar refractivity (Wildman–Crippen MR) is 70.0 cm³/mol. The Balaban J connectivity index is 1.79. The molecule has 1 saturated carbocycles. The van der Waals surface area contributed by atoms with Gasteiger partial charge in [0.1, 0.15) is 0 Å². The molecule has 2 aliphatic rings. The van der Waals surface area contributed by atoms with Gasteiger partial charge in [-0.15, -0.1) is 0 Å². The molecule has 2 unspecified atom stereocenters. The van der Waals surface area contributed by atoms with Gasteiger partial charge in [0.2, 0.25) is 0 Å². The van der Waals surface area contributed by atoms with E-state index in [2.05, 4.69) is 6.92 Å². The smallest absolute Gasteiger partial charge is 0.0686 e. The van der Waals surface area contributed by atoms with Crippen LogP contribution in [0.2, 0.25) is 0 Å². The second kappa shape index (κ2) is 6.19. The van der Waals surface area contributed by atoms with Crippen LogP contribution in [-0.2, 0) is 4.74 Å². The molecule has 1 saturated heterocycles. The first-order chi connectivity index (χ1) is 8.26. The minimum atomic E-state index is -0.0806. The molecule has 17 heavy (non-hydrogen) atoms. The Morgan fingerprint density at radius 1 is 1.29 bits per heavy atom. The Morgan fingerprint density at radius 2 is 2.06 bits per heavy atom. The average Bonchev–Trinajstić information content (AvgIpc) is 2.77. The summed E-state index contributed by atoms with van der Waals surface area (Å²) < 4.78 is 6.02. The average molecular weight is 240 g/mol. The van der Waals surface area contributed by atoms with E-state index in [0.29, 0.717) is 5.92 Å². The van der Waals surface area contributed by atoms with Crippen molar-refractivity contribution in [1.29, 1.82) is 0 Å². The minimum absolute atomic E-state index is 0.0806. The highest BCUT2D eigenvalue weighted by Gasteiger charge is 2.41. The van der Waals surface area contributed by atoms with Crippen molar-refractivity contribution in [2.45, 2.75) is 82.8 Å². The first-order valence-electron chi connectivity index (χ1n) is 7.58. The monoisotopic (exact) mass is 240 g/mol. The first-order valence-corrected chi connectivity index (χ1v) is 7.58. The van der Waals surface area contributed by atoms with Gasteiger partial charge < -0.3 is 9.84 Å². The van der Waals surface area contributed by atoms with Crippen LogP contribution in [0.1, 0.15) is 71.1 Å². The van der Waals surface area contributed by atoms with Gasteiger partial charge in [-0.05, 0) is 38.0 Å². The maximum absolute atomic E-state index is 10.3. The number of rotatable bonds is 5. The summed E-state index contributed by atoms with van der Waals surface area (Å²) in [4.78, 5) is 0. The lowest BCUT2D eigenvalue weighted by molar-refractivity contribution is -0.113. The van der Waals surface area contributed by atoms with Gasteiger partial charge >= 0.3 is 0 Å². The fourth-order valence-corrected chi connectivity index (χ4v) is 3.60. The van der Waals surface area contributed by atoms with Crippen LogP contribution in [0.5, 0.6) is 0 Å². The van der Waals surface area contributed by atoms with Crippen LogP contribution >= 0.6 is 0 Å². The van der Waals surface area contributed by atoms with Gasteiger partial charge in [0.05, 0.1) is 11.7 Å². The highest BCUT2D eigenvalue weighted by atomic mass is 16.5. The molecule has 0 aromatic carbocycles. The summed E-state index contributed by atoms with van der Waals surface area (Å²) in [5.74, 6) is 0.499. The summed E-state index contributed by atoms with van der Waals surface area (Å²) in [5.41, 5.74) is 0.161. The van der Waals surface area contributed by atoms with Gasteiger partial charge in [0, 0.05) is 6.61 Å². The number of unbranched alkanes of at least 4 members (excludes halogenated alkanes) is 2. The van der Waals surface area contributed by atoms with Crippen LogP contribution < -0.4 is 0 Å². The van der Waals surface area contributed by atoms with Crippen LogP contribution in [0.25, 0.3) is 0 Å². The highest BCUT2D eigenvalue weighted by Crippen LogP contribution is 2.43. The molecule has 2 atom stereocenters. The number of aliphatic hydroxyl groups excluding tert-OH is 1. The largest absolute Gasteiger partial charge is 0.393 e. The molecule has 1 aliphatic heterocycles. The zero-order chi connectivity index (χ0) is 12.1. The third kappa shape index (κ3) is 3.45. The second-order valence-corrected chi connectivity index (χ2v) is 6.05. The van der Waals surface area contributed by atoms with Gasteiger partial charge in [-0.3, -0.25) is 0 Å². The van der Waals surface area contributed by atoms with E-state index >= 15 is 0 Å². The van der Waals surface area contributed by atoms with E-state index in [9.17, 15) is 5.11 Å². The fraction of sp³-hybridized carbons (Fsp3) is 1.00. The number of hydrogen-bond donors (Lipinski definition) is 1. The molecule has 2 nitrogen and oxygen atoms in total.